The topological polar surface area (TPSA) is 41.1 Å². The van der Waals surface area contributed by atoms with E-state index in [9.17, 15) is 4.79 Å². The molecule has 0 aromatic heterocycles. The van der Waals surface area contributed by atoms with Crippen LogP contribution in [0.25, 0.3) is 0 Å². The Hall–Kier alpha value is -0.570. The maximum Gasteiger partial charge on any atom is 0.234 e. The molecule has 0 heterocycles. The average Bonchev–Trinajstić information content (AvgIpc) is 1.78. The first kappa shape index (κ1) is 13.4. The maximum atomic E-state index is 11.4. The van der Waals surface area contributed by atoms with Gasteiger partial charge in [-0.15, -0.1) is 0 Å². The fourth-order valence-corrected chi connectivity index (χ4v) is 1.95. The van der Waals surface area contributed by atoms with Gasteiger partial charge in [0.2, 0.25) is 5.91 Å². The molecule has 0 unspecified atom stereocenters. The Morgan fingerprint density at radius 3 is 2.00 bits per heavy atom. The summed E-state index contributed by atoms with van der Waals surface area (Å²) in [6.07, 6.45) is 0.968. The van der Waals surface area contributed by atoms with E-state index in [0.29, 0.717) is 6.54 Å². The molecule has 0 bridgehead atoms. The minimum absolute atomic E-state index is 0.0572. The van der Waals surface area contributed by atoms with Crippen LogP contribution in [0.15, 0.2) is 0 Å². The second-order valence-electron chi connectivity index (χ2n) is 5.70. The van der Waals surface area contributed by atoms with E-state index in [2.05, 4.69) is 45.3 Å². The molecule has 0 aromatic rings. The van der Waals surface area contributed by atoms with E-state index in [-0.39, 0.29) is 16.9 Å². The largest absolute Gasteiger partial charge is 0.350 e. The first-order valence-corrected chi connectivity index (χ1v) is 5.12. The van der Waals surface area contributed by atoms with Crippen LogP contribution in [0.2, 0.25) is 0 Å². The molecule has 0 saturated carbocycles. The molecule has 0 radical (unpaired) electrons. The summed E-state index contributed by atoms with van der Waals surface area (Å²) in [4.78, 5) is 11.4. The van der Waals surface area contributed by atoms with Gasteiger partial charge in [0.1, 0.15) is 0 Å². The van der Waals surface area contributed by atoms with Gasteiger partial charge >= 0.3 is 0 Å². The van der Waals surface area contributed by atoms with Crippen LogP contribution in [0.3, 0.4) is 0 Å². The standard InChI is InChI=1S/C11H24N2O/c1-10(2,3)8-11(4,5)13-9(14)7-12-6/h12H,7-8H2,1-6H3,(H,13,14). The molecule has 0 saturated heterocycles. The van der Waals surface area contributed by atoms with E-state index in [1.807, 2.05) is 0 Å². The summed E-state index contributed by atoms with van der Waals surface area (Å²) in [5, 5.41) is 5.85. The van der Waals surface area contributed by atoms with Crippen molar-refractivity contribution in [3.8, 4) is 0 Å². The summed E-state index contributed by atoms with van der Waals surface area (Å²) < 4.78 is 0. The Labute approximate surface area is 87.6 Å². The van der Waals surface area contributed by atoms with Gasteiger partial charge in [-0.3, -0.25) is 4.79 Å². The molecule has 0 fully saturated rings. The van der Waals surface area contributed by atoms with Gasteiger partial charge in [0, 0.05) is 5.54 Å². The first-order chi connectivity index (χ1) is 6.16. The number of hydrogen-bond donors (Lipinski definition) is 2. The number of hydrogen-bond acceptors (Lipinski definition) is 2. The predicted molar refractivity (Wildman–Crippen MR) is 60.2 cm³/mol. The predicted octanol–water partition coefficient (Wildman–Crippen LogP) is 1.54. The summed E-state index contributed by atoms with van der Waals surface area (Å²) in [6, 6.07) is 0. The van der Waals surface area contributed by atoms with Gasteiger partial charge in [0.15, 0.2) is 0 Å². The Balaban J connectivity index is 4.13. The zero-order valence-electron chi connectivity index (χ0n) is 10.3. The average molecular weight is 200 g/mol. The summed E-state index contributed by atoms with van der Waals surface area (Å²) in [5.74, 6) is 0.0572. The van der Waals surface area contributed by atoms with E-state index in [4.69, 9.17) is 0 Å². The van der Waals surface area contributed by atoms with Crippen LogP contribution in [0.5, 0.6) is 0 Å². The molecule has 0 aliphatic carbocycles. The second kappa shape index (κ2) is 4.78. The van der Waals surface area contributed by atoms with Gasteiger partial charge in [-0.2, -0.15) is 0 Å². The lowest BCUT2D eigenvalue weighted by Crippen LogP contribution is -2.48. The lowest BCUT2D eigenvalue weighted by atomic mass is 9.82. The third kappa shape index (κ3) is 6.89. The molecular formula is C11H24N2O. The molecule has 14 heavy (non-hydrogen) atoms. The molecule has 0 atom stereocenters. The lowest BCUT2D eigenvalue weighted by molar-refractivity contribution is -0.122. The lowest BCUT2D eigenvalue weighted by Gasteiger charge is -2.33. The van der Waals surface area contributed by atoms with Gasteiger partial charge in [-0.25, -0.2) is 0 Å². The van der Waals surface area contributed by atoms with Crippen molar-refractivity contribution < 1.29 is 4.79 Å². The van der Waals surface area contributed by atoms with Gasteiger partial charge in [-0.1, -0.05) is 20.8 Å². The number of nitrogens with one attached hydrogen (secondary N) is 2. The molecule has 3 heteroatoms. The maximum absolute atomic E-state index is 11.4. The van der Waals surface area contributed by atoms with Crippen molar-refractivity contribution in [2.75, 3.05) is 13.6 Å². The number of likely N-dealkylation sites (N-methyl/N-ethyl adjacent to an activating group) is 1. The minimum atomic E-state index is -0.133. The van der Waals surface area contributed by atoms with E-state index in [1.165, 1.54) is 0 Å². The fourth-order valence-electron chi connectivity index (χ4n) is 1.95. The third-order valence-electron chi connectivity index (χ3n) is 1.79. The molecule has 0 spiro atoms. The molecule has 2 N–H and O–H groups in total. The van der Waals surface area contributed by atoms with E-state index < -0.39 is 0 Å². The zero-order chi connectivity index (χ0) is 11.4. The minimum Gasteiger partial charge on any atom is -0.350 e. The molecule has 0 aliphatic heterocycles. The summed E-state index contributed by atoms with van der Waals surface area (Å²) in [5.41, 5.74) is 0.0998. The number of carbonyl (C=O) groups is 1. The molecule has 0 aliphatic rings. The SMILES string of the molecule is CNCC(=O)NC(C)(C)CC(C)(C)C. The van der Waals surface area contributed by atoms with Crippen LogP contribution in [0.4, 0.5) is 0 Å². The molecule has 0 aromatic carbocycles. The van der Waals surface area contributed by atoms with Crippen molar-refractivity contribution in [2.45, 2.75) is 46.6 Å². The van der Waals surface area contributed by atoms with Crippen LogP contribution in [-0.4, -0.2) is 25.0 Å². The summed E-state index contributed by atoms with van der Waals surface area (Å²) in [6.45, 7) is 11.0. The van der Waals surface area contributed by atoms with Gasteiger partial charge in [0.05, 0.1) is 6.54 Å². The van der Waals surface area contributed by atoms with E-state index in [0.717, 1.165) is 6.42 Å². The van der Waals surface area contributed by atoms with E-state index >= 15 is 0 Å². The van der Waals surface area contributed by atoms with Crippen molar-refractivity contribution >= 4 is 5.91 Å². The molecular weight excluding hydrogens is 176 g/mol. The summed E-state index contributed by atoms with van der Waals surface area (Å²) >= 11 is 0. The van der Waals surface area contributed by atoms with Gasteiger partial charge in [-0.05, 0) is 32.7 Å². The smallest absolute Gasteiger partial charge is 0.234 e. The van der Waals surface area contributed by atoms with Crippen LogP contribution in [0.1, 0.15) is 41.0 Å². The molecule has 0 rings (SSSR count). The highest BCUT2D eigenvalue weighted by Crippen LogP contribution is 2.26. The Morgan fingerprint density at radius 1 is 1.14 bits per heavy atom. The van der Waals surface area contributed by atoms with Crippen molar-refractivity contribution in [3.05, 3.63) is 0 Å². The molecule has 84 valence electrons. The first-order valence-electron chi connectivity index (χ1n) is 5.12. The van der Waals surface area contributed by atoms with Crippen molar-refractivity contribution in [1.82, 2.24) is 10.6 Å². The van der Waals surface area contributed by atoms with Crippen molar-refractivity contribution in [3.63, 3.8) is 0 Å². The van der Waals surface area contributed by atoms with Crippen LogP contribution in [0, 0.1) is 5.41 Å². The van der Waals surface area contributed by atoms with Crippen LogP contribution < -0.4 is 10.6 Å². The summed E-state index contributed by atoms with van der Waals surface area (Å²) in [7, 11) is 1.77. The Kier molecular flexibility index (Phi) is 4.59. The third-order valence-corrected chi connectivity index (χ3v) is 1.79. The monoisotopic (exact) mass is 200 g/mol. The normalized spacial score (nSPS) is 12.7. The van der Waals surface area contributed by atoms with Gasteiger partial charge < -0.3 is 10.6 Å². The van der Waals surface area contributed by atoms with Crippen molar-refractivity contribution in [1.29, 1.82) is 0 Å². The highest BCUT2D eigenvalue weighted by atomic mass is 16.2. The zero-order valence-corrected chi connectivity index (χ0v) is 10.3. The van der Waals surface area contributed by atoms with E-state index in [1.54, 1.807) is 7.05 Å². The number of carbonyl (C=O) groups excluding carboxylic acids is 1. The van der Waals surface area contributed by atoms with Crippen molar-refractivity contribution in [2.24, 2.45) is 5.41 Å². The quantitative estimate of drug-likeness (QED) is 0.722. The second-order valence-corrected chi connectivity index (χ2v) is 5.70. The Bertz CT molecular complexity index is 192. The number of amides is 1. The fraction of sp³-hybridized carbons (Fsp3) is 0.909. The molecule has 3 nitrogen and oxygen atoms in total. The molecule has 1 amide bonds. The van der Waals surface area contributed by atoms with Gasteiger partial charge in [0.25, 0.3) is 0 Å². The van der Waals surface area contributed by atoms with Crippen LogP contribution >= 0.6 is 0 Å². The highest BCUT2D eigenvalue weighted by molar-refractivity contribution is 5.78. The number of rotatable bonds is 4. The highest BCUT2D eigenvalue weighted by Gasteiger charge is 2.26. The Morgan fingerprint density at radius 2 is 1.64 bits per heavy atom. The van der Waals surface area contributed by atoms with Crippen LogP contribution in [-0.2, 0) is 4.79 Å².